The molecule has 1 amide bonds. The fraction of sp³-hybridized carbons (Fsp3) is 0.423. The lowest BCUT2D eigenvalue weighted by molar-refractivity contribution is -0.119. The highest BCUT2D eigenvalue weighted by molar-refractivity contribution is 7.99. The van der Waals surface area contributed by atoms with Crippen LogP contribution in [0.5, 0.6) is 5.75 Å². The lowest BCUT2D eigenvalue weighted by atomic mass is 10.0. The molecule has 0 fully saturated rings. The summed E-state index contributed by atoms with van der Waals surface area (Å²) in [5.74, 6) is 0.939. The number of para-hydroxylation sites is 2. The number of hydrogen-bond donors (Lipinski definition) is 1. The molecule has 1 unspecified atom stereocenters. The van der Waals surface area contributed by atoms with Crippen molar-refractivity contribution in [2.45, 2.75) is 44.4 Å². The van der Waals surface area contributed by atoms with E-state index in [1.165, 1.54) is 11.8 Å². The summed E-state index contributed by atoms with van der Waals surface area (Å²) in [4.78, 5) is 33.2. The predicted octanol–water partition coefficient (Wildman–Crippen LogP) is 3.86. The van der Waals surface area contributed by atoms with Crippen molar-refractivity contribution in [1.29, 1.82) is 0 Å². The molecule has 3 aromatic rings. The summed E-state index contributed by atoms with van der Waals surface area (Å²) < 4.78 is 7.43. The Bertz CT molecular complexity index is 1190. The Balaban J connectivity index is 1.48. The number of nitrogens with one attached hydrogen (secondary N) is 1. The van der Waals surface area contributed by atoms with Crippen LogP contribution in [0.3, 0.4) is 0 Å². The van der Waals surface area contributed by atoms with E-state index in [2.05, 4.69) is 24.1 Å². The van der Waals surface area contributed by atoms with Gasteiger partial charge in [0.05, 0.1) is 29.3 Å². The van der Waals surface area contributed by atoms with Gasteiger partial charge in [0.1, 0.15) is 5.75 Å². The third-order valence-electron chi connectivity index (χ3n) is 6.20. The van der Waals surface area contributed by atoms with E-state index in [1.54, 1.807) is 4.57 Å². The monoisotopic (exact) mass is 480 g/mol. The Labute approximate surface area is 204 Å². The second-order valence-corrected chi connectivity index (χ2v) is 9.27. The molecular formula is C26H32N4O3S. The number of hydrogen-bond acceptors (Lipinski definition) is 6. The highest BCUT2D eigenvalue weighted by Gasteiger charge is 2.23. The molecule has 0 saturated carbocycles. The molecule has 1 atom stereocenters. The average molecular weight is 481 g/mol. The maximum atomic E-state index is 13.2. The number of amides is 1. The van der Waals surface area contributed by atoms with Crippen LogP contribution in [0, 0.1) is 0 Å². The van der Waals surface area contributed by atoms with Crippen LogP contribution in [0.1, 0.15) is 38.3 Å². The normalized spacial score (nSPS) is 15.2. The molecule has 8 heteroatoms. The molecule has 0 bridgehead atoms. The van der Waals surface area contributed by atoms with Crippen molar-refractivity contribution in [1.82, 2.24) is 19.8 Å². The molecule has 0 radical (unpaired) electrons. The third-order valence-corrected chi connectivity index (χ3v) is 7.18. The third kappa shape index (κ3) is 5.62. The zero-order valence-corrected chi connectivity index (χ0v) is 20.6. The minimum absolute atomic E-state index is 0.0496. The first-order valence-corrected chi connectivity index (χ1v) is 12.9. The van der Waals surface area contributed by atoms with Crippen molar-refractivity contribution in [3.63, 3.8) is 0 Å². The van der Waals surface area contributed by atoms with Crippen molar-refractivity contribution in [2.75, 3.05) is 32.0 Å². The lowest BCUT2D eigenvalue weighted by Crippen LogP contribution is -2.33. The second-order valence-electron chi connectivity index (χ2n) is 8.33. The maximum absolute atomic E-state index is 13.2. The van der Waals surface area contributed by atoms with Crippen molar-refractivity contribution in [3.8, 4) is 5.75 Å². The first-order valence-electron chi connectivity index (χ1n) is 12.0. The van der Waals surface area contributed by atoms with E-state index in [4.69, 9.17) is 9.72 Å². The number of carbonyl (C=O) groups excluding carboxylic acids is 1. The van der Waals surface area contributed by atoms with Crippen LogP contribution in [0.4, 0.5) is 0 Å². The lowest BCUT2D eigenvalue weighted by Gasteiger charge is -2.26. The number of fused-ring (bicyclic) bond motifs is 2. The van der Waals surface area contributed by atoms with E-state index in [0.29, 0.717) is 29.2 Å². The van der Waals surface area contributed by atoms with Gasteiger partial charge in [-0.2, -0.15) is 0 Å². The molecule has 7 nitrogen and oxygen atoms in total. The maximum Gasteiger partial charge on any atom is 0.262 e. The summed E-state index contributed by atoms with van der Waals surface area (Å²) in [5.41, 5.74) is 1.62. The highest BCUT2D eigenvalue weighted by atomic mass is 32.2. The number of nitrogens with zero attached hydrogens (tertiary/aromatic N) is 3. The quantitative estimate of drug-likeness (QED) is 0.351. The molecule has 0 aliphatic carbocycles. The van der Waals surface area contributed by atoms with Crippen molar-refractivity contribution < 1.29 is 9.53 Å². The van der Waals surface area contributed by atoms with Gasteiger partial charge in [-0.05, 0) is 44.3 Å². The molecule has 34 heavy (non-hydrogen) atoms. The molecule has 2 heterocycles. The van der Waals surface area contributed by atoms with Crippen LogP contribution in [-0.2, 0) is 11.3 Å². The number of benzene rings is 2. The summed E-state index contributed by atoms with van der Waals surface area (Å²) in [5, 5.41) is 4.33. The summed E-state index contributed by atoms with van der Waals surface area (Å²) in [6.07, 6.45) is 1.58. The highest BCUT2D eigenvalue weighted by Crippen LogP contribution is 2.31. The molecule has 1 aromatic heterocycles. The van der Waals surface area contributed by atoms with E-state index in [9.17, 15) is 9.59 Å². The predicted molar refractivity (Wildman–Crippen MR) is 137 cm³/mol. The van der Waals surface area contributed by atoms with Crippen molar-refractivity contribution >= 4 is 28.6 Å². The Morgan fingerprint density at radius 2 is 1.94 bits per heavy atom. The van der Waals surface area contributed by atoms with Crippen LogP contribution in [0.15, 0.2) is 58.5 Å². The van der Waals surface area contributed by atoms with Gasteiger partial charge in [0, 0.05) is 18.5 Å². The molecule has 1 N–H and O–H groups in total. The second kappa shape index (κ2) is 11.5. The number of aromatic nitrogens is 2. The Kier molecular flexibility index (Phi) is 8.24. The molecule has 0 spiro atoms. The number of rotatable bonds is 10. The van der Waals surface area contributed by atoms with Crippen molar-refractivity contribution in [3.05, 3.63) is 64.4 Å². The number of carbonyl (C=O) groups is 1. The van der Waals surface area contributed by atoms with Gasteiger partial charge in [-0.1, -0.05) is 55.9 Å². The van der Waals surface area contributed by atoms with Crippen LogP contribution < -0.4 is 15.6 Å². The molecular weight excluding hydrogens is 448 g/mol. The Hall–Kier alpha value is -2.84. The van der Waals surface area contributed by atoms with Crippen LogP contribution in [0.25, 0.3) is 10.9 Å². The van der Waals surface area contributed by atoms with E-state index in [0.717, 1.165) is 43.8 Å². The van der Waals surface area contributed by atoms with Gasteiger partial charge >= 0.3 is 0 Å². The fourth-order valence-corrected chi connectivity index (χ4v) is 5.14. The smallest absolute Gasteiger partial charge is 0.262 e. The number of thioether (sulfide) groups is 1. The topological polar surface area (TPSA) is 76.5 Å². The van der Waals surface area contributed by atoms with Crippen LogP contribution in [-0.4, -0.2) is 52.4 Å². The molecule has 1 aliphatic rings. The van der Waals surface area contributed by atoms with E-state index in [1.807, 2.05) is 48.5 Å². The average Bonchev–Trinajstić information content (AvgIpc) is 2.87. The van der Waals surface area contributed by atoms with E-state index < -0.39 is 0 Å². The fourth-order valence-electron chi connectivity index (χ4n) is 4.31. The SMILES string of the molecule is CCN(CC)CCCn1c(SCC(=O)NC2CCOc3ccccc32)nc2ccccc2c1=O. The van der Waals surface area contributed by atoms with Gasteiger partial charge in [-0.25, -0.2) is 4.98 Å². The molecule has 2 aromatic carbocycles. The molecule has 1 aliphatic heterocycles. The molecule has 180 valence electrons. The van der Waals surface area contributed by atoms with Gasteiger partial charge < -0.3 is 15.0 Å². The zero-order valence-electron chi connectivity index (χ0n) is 19.8. The summed E-state index contributed by atoms with van der Waals surface area (Å²) in [7, 11) is 0. The van der Waals surface area contributed by atoms with Crippen LogP contribution >= 0.6 is 11.8 Å². The minimum atomic E-state index is -0.0798. The summed E-state index contributed by atoms with van der Waals surface area (Å²) in [6.45, 7) is 8.32. The van der Waals surface area contributed by atoms with E-state index in [-0.39, 0.29) is 23.3 Å². The standard InChI is InChI=1S/C26H32N4O3S/c1-3-29(4-2)15-9-16-30-25(32)20-11-5-7-12-21(20)28-26(30)34-18-24(31)27-22-14-17-33-23-13-8-6-10-19(22)23/h5-8,10-13,22H,3-4,9,14-18H2,1-2H3,(H,27,31). The largest absolute Gasteiger partial charge is 0.493 e. The van der Waals surface area contributed by atoms with Gasteiger partial charge in [-0.15, -0.1) is 0 Å². The Morgan fingerprint density at radius 3 is 2.76 bits per heavy atom. The minimum Gasteiger partial charge on any atom is -0.493 e. The zero-order chi connectivity index (χ0) is 23.9. The molecule has 0 saturated heterocycles. The van der Waals surface area contributed by atoms with Gasteiger partial charge in [0.15, 0.2) is 5.16 Å². The number of ether oxygens (including phenoxy) is 1. The molecule has 4 rings (SSSR count). The van der Waals surface area contributed by atoms with Gasteiger partial charge in [-0.3, -0.25) is 14.2 Å². The first-order chi connectivity index (χ1) is 16.6. The van der Waals surface area contributed by atoms with E-state index >= 15 is 0 Å². The van der Waals surface area contributed by atoms with Gasteiger partial charge in [0.25, 0.3) is 5.56 Å². The van der Waals surface area contributed by atoms with Crippen LogP contribution in [0.2, 0.25) is 0 Å². The van der Waals surface area contributed by atoms with Gasteiger partial charge in [0.2, 0.25) is 5.91 Å². The first kappa shape index (κ1) is 24.3. The Morgan fingerprint density at radius 1 is 1.18 bits per heavy atom. The summed E-state index contributed by atoms with van der Waals surface area (Å²) >= 11 is 1.32. The summed E-state index contributed by atoms with van der Waals surface area (Å²) in [6, 6.07) is 15.1. The van der Waals surface area contributed by atoms with Crippen molar-refractivity contribution in [2.24, 2.45) is 0 Å².